The largest absolute Gasteiger partial charge is 0.496 e. The van der Waals surface area contributed by atoms with Crippen LogP contribution in [-0.2, 0) is 0 Å². The van der Waals surface area contributed by atoms with E-state index in [1.807, 2.05) is 42.5 Å². The minimum absolute atomic E-state index is 0.175. The first-order valence-electron chi connectivity index (χ1n) is 8.25. The summed E-state index contributed by atoms with van der Waals surface area (Å²) < 4.78 is 7.09. The van der Waals surface area contributed by atoms with Gasteiger partial charge in [-0.25, -0.2) is 4.98 Å². The molecule has 0 atom stereocenters. The molecule has 3 aromatic carbocycles. The van der Waals surface area contributed by atoms with Crippen molar-refractivity contribution >= 4 is 49.1 Å². The van der Waals surface area contributed by atoms with Crippen molar-refractivity contribution in [3.05, 3.63) is 76.8 Å². The summed E-state index contributed by atoms with van der Waals surface area (Å²) >= 11 is 5.06. The number of nitrogens with one attached hydrogen (secondary N) is 1. The first-order valence-corrected chi connectivity index (χ1v) is 9.86. The van der Waals surface area contributed by atoms with Crippen molar-refractivity contribution in [3.63, 3.8) is 0 Å². The Hall–Kier alpha value is -2.70. The van der Waals surface area contributed by atoms with E-state index in [9.17, 15) is 4.79 Å². The second kappa shape index (κ2) is 7.50. The lowest BCUT2D eigenvalue weighted by Gasteiger charge is -2.08. The van der Waals surface area contributed by atoms with Crippen LogP contribution in [0.1, 0.15) is 10.4 Å². The highest BCUT2D eigenvalue weighted by Crippen LogP contribution is 2.31. The van der Waals surface area contributed by atoms with Crippen LogP contribution in [0.2, 0.25) is 0 Å². The zero-order chi connectivity index (χ0) is 18.8. The summed E-state index contributed by atoms with van der Waals surface area (Å²) in [6.45, 7) is 0. The minimum Gasteiger partial charge on any atom is -0.496 e. The number of nitrogens with zero attached hydrogens (tertiary/aromatic N) is 1. The van der Waals surface area contributed by atoms with Crippen molar-refractivity contribution in [2.45, 2.75) is 0 Å². The van der Waals surface area contributed by atoms with Gasteiger partial charge in [0.2, 0.25) is 0 Å². The number of fused-ring (bicyclic) bond motifs is 1. The maximum Gasteiger partial charge on any atom is 0.255 e. The second-order valence-corrected chi connectivity index (χ2v) is 7.75. The third-order valence-electron chi connectivity index (χ3n) is 4.10. The Balaban J connectivity index is 1.52. The van der Waals surface area contributed by atoms with E-state index in [1.165, 1.54) is 0 Å². The average Bonchev–Trinajstić information content (AvgIpc) is 3.12. The maximum absolute atomic E-state index is 12.5. The number of para-hydroxylation sites is 1. The van der Waals surface area contributed by atoms with Crippen molar-refractivity contribution in [1.29, 1.82) is 0 Å². The molecule has 1 aromatic heterocycles. The van der Waals surface area contributed by atoms with Gasteiger partial charge in [-0.2, -0.15) is 0 Å². The Kier molecular flexibility index (Phi) is 4.92. The number of carbonyl (C=O) groups excluding carboxylic acids is 1. The Labute approximate surface area is 169 Å². The number of methoxy groups -OCH3 is 1. The summed E-state index contributed by atoms with van der Waals surface area (Å²) in [5, 5.41) is 3.88. The predicted molar refractivity (Wildman–Crippen MR) is 114 cm³/mol. The molecule has 0 radical (unpaired) electrons. The molecule has 27 heavy (non-hydrogen) atoms. The molecule has 0 fully saturated rings. The summed E-state index contributed by atoms with van der Waals surface area (Å²) in [4.78, 5) is 17.1. The smallest absolute Gasteiger partial charge is 0.255 e. The Bertz CT molecular complexity index is 1090. The predicted octanol–water partition coefficient (Wildman–Crippen LogP) is 5.99. The molecule has 134 valence electrons. The number of hydrogen-bond acceptors (Lipinski definition) is 4. The first-order chi connectivity index (χ1) is 13.1. The van der Waals surface area contributed by atoms with Gasteiger partial charge < -0.3 is 10.1 Å². The number of carbonyl (C=O) groups is 1. The van der Waals surface area contributed by atoms with Crippen LogP contribution >= 0.6 is 27.3 Å². The van der Waals surface area contributed by atoms with Crippen LogP contribution in [0, 0.1) is 0 Å². The summed E-state index contributed by atoms with van der Waals surface area (Å²) in [5.41, 5.74) is 3.32. The highest BCUT2D eigenvalue weighted by atomic mass is 79.9. The van der Waals surface area contributed by atoms with Gasteiger partial charge in [-0.3, -0.25) is 4.79 Å². The molecular weight excluding hydrogens is 424 g/mol. The number of ether oxygens (including phenoxy) is 1. The van der Waals surface area contributed by atoms with Crippen LogP contribution in [0.3, 0.4) is 0 Å². The Morgan fingerprint density at radius 2 is 1.85 bits per heavy atom. The van der Waals surface area contributed by atoms with Crippen molar-refractivity contribution in [1.82, 2.24) is 4.98 Å². The zero-order valence-corrected chi connectivity index (χ0v) is 16.8. The normalized spacial score (nSPS) is 10.7. The van der Waals surface area contributed by atoms with Crippen LogP contribution in [0.5, 0.6) is 5.75 Å². The van der Waals surface area contributed by atoms with Crippen molar-refractivity contribution in [2.24, 2.45) is 0 Å². The third kappa shape index (κ3) is 3.72. The molecular formula is C21H15BrN2O2S. The minimum atomic E-state index is -0.175. The van der Waals surface area contributed by atoms with Crippen molar-refractivity contribution < 1.29 is 9.53 Å². The van der Waals surface area contributed by atoms with Gasteiger partial charge in [-0.05, 0) is 70.5 Å². The number of hydrogen-bond donors (Lipinski definition) is 1. The van der Waals surface area contributed by atoms with Gasteiger partial charge in [0.25, 0.3) is 5.91 Å². The fraction of sp³-hybridized carbons (Fsp3) is 0.0476. The van der Waals surface area contributed by atoms with Crippen LogP contribution in [0.4, 0.5) is 5.69 Å². The van der Waals surface area contributed by atoms with Crippen molar-refractivity contribution in [2.75, 3.05) is 12.4 Å². The molecule has 0 saturated heterocycles. The average molecular weight is 439 g/mol. The Morgan fingerprint density at radius 3 is 2.56 bits per heavy atom. The number of amides is 1. The molecule has 0 saturated carbocycles. The quantitative estimate of drug-likeness (QED) is 0.425. The second-order valence-electron chi connectivity index (χ2n) is 5.87. The molecule has 1 heterocycles. The molecule has 4 nitrogen and oxygen atoms in total. The number of aromatic nitrogens is 1. The van der Waals surface area contributed by atoms with E-state index in [1.54, 1.807) is 36.6 Å². The maximum atomic E-state index is 12.5. The van der Waals surface area contributed by atoms with Gasteiger partial charge in [-0.15, -0.1) is 11.3 Å². The van der Waals surface area contributed by atoms with E-state index in [2.05, 4.69) is 32.3 Å². The van der Waals surface area contributed by atoms with Gasteiger partial charge in [-0.1, -0.05) is 12.1 Å². The molecule has 0 unspecified atom stereocenters. The van der Waals surface area contributed by atoms with Gasteiger partial charge in [0, 0.05) is 16.8 Å². The van der Waals surface area contributed by atoms with Crippen LogP contribution in [0.15, 0.2) is 71.2 Å². The molecule has 6 heteroatoms. The van der Waals surface area contributed by atoms with Crippen LogP contribution in [-0.4, -0.2) is 18.0 Å². The van der Waals surface area contributed by atoms with E-state index < -0.39 is 0 Å². The third-order valence-corrected chi connectivity index (χ3v) is 5.80. The summed E-state index contributed by atoms with van der Waals surface area (Å²) in [6.07, 6.45) is 0. The molecule has 0 aliphatic carbocycles. The fourth-order valence-electron chi connectivity index (χ4n) is 2.70. The van der Waals surface area contributed by atoms with Crippen LogP contribution in [0.25, 0.3) is 20.8 Å². The first kappa shape index (κ1) is 17.7. The molecule has 0 bridgehead atoms. The van der Waals surface area contributed by atoms with E-state index in [-0.39, 0.29) is 5.91 Å². The number of anilines is 1. The topological polar surface area (TPSA) is 51.2 Å². The monoisotopic (exact) mass is 438 g/mol. The van der Waals surface area contributed by atoms with Gasteiger partial charge >= 0.3 is 0 Å². The lowest BCUT2D eigenvalue weighted by Crippen LogP contribution is -2.11. The van der Waals surface area contributed by atoms with E-state index in [4.69, 9.17) is 4.74 Å². The summed E-state index contributed by atoms with van der Waals surface area (Å²) in [6, 6.07) is 21.0. The van der Waals surface area contributed by atoms with E-state index >= 15 is 0 Å². The van der Waals surface area contributed by atoms with Gasteiger partial charge in [0.15, 0.2) is 0 Å². The highest BCUT2D eigenvalue weighted by molar-refractivity contribution is 9.10. The molecule has 0 spiro atoms. The fourth-order valence-corrected chi connectivity index (χ4v) is 4.21. The SMILES string of the molecule is COc1ccc(C(=O)Nc2ccc(-c3nc4ccccc4s3)cc2)cc1Br. The summed E-state index contributed by atoms with van der Waals surface area (Å²) in [7, 11) is 1.59. The molecule has 4 aromatic rings. The van der Waals surface area contributed by atoms with Gasteiger partial charge in [0.05, 0.1) is 21.8 Å². The standard InChI is InChI=1S/C21H15BrN2O2S/c1-26-18-11-8-14(12-16(18)22)20(25)23-15-9-6-13(7-10-15)21-24-17-4-2-3-5-19(17)27-21/h2-12H,1H3,(H,23,25). The van der Waals surface area contributed by atoms with E-state index in [0.29, 0.717) is 11.3 Å². The highest BCUT2D eigenvalue weighted by Gasteiger charge is 2.10. The molecule has 0 aliphatic rings. The zero-order valence-electron chi connectivity index (χ0n) is 14.4. The lowest BCUT2D eigenvalue weighted by atomic mass is 10.2. The van der Waals surface area contributed by atoms with Gasteiger partial charge in [0.1, 0.15) is 10.8 Å². The molecule has 4 rings (SSSR count). The number of thiazole rings is 1. The number of rotatable bonds is 4. The molecule has 1 N–H and O–H groups in total. The van der Waals surface area contributed by atoms with Crippen molar-refractivity contribution in [3.8, 4) is 16.3 Å². The summed E-state index contributed by atoms with van der Waals surface area (Å²) in [5.74, 6) is 0.512. The van der Waals surface area contributed by atoms with Crippen LogP contribution < -0.4 is 10.1 Å². The Morgan fingerprint density at radius 1 is 1.07 bits per heavy atom. The molecule has 0 aliphatic heterocycles. The lowest BCUT2D eigenvalue weighted by molar-refractivity contribution is 0.102. The van der Waals surface area contributed by atoms with E-state index in [0.717, 1.165) is 30.9 Å². The number of benzene rings is 3. The number of halogens is 1. The molecule has 1 amide bonds.